The molecule has 14 aromatic rings. The van der Waals surface area contributed by atoms with Gasteiger partial charge >= 0.3 is 0 Å². The first kappa shape index (κ1) is 34.5. The fourth-order valence-electron chi connectivity index (χ4n) is 11.2. The monoisotopic (exact) mass is 795 g/mol. The predicted octanol–water partition coefficient (Wildman–Crippen LogP) is 17.3. The van der Waals surface area contributed by atoms with Crippen LogP contribution in [0.25, 0.3) is 136 Å². The molecule has 0 saturated heterocycles. The lowest BCUT2D eigenvalue weighted by Crippen LogP contribution is -1.96. The third-order valence-electron chi connectivity index (χ3n) is 13.8. The minimum atomic E-state index is 1.15. The molecule has 1 nitrogen and oxygen atoms in total. The van der Waals surface area contributed by atoms with Crippen LogP contribution >= 0.6 is 0 Å². The quantitative estimate of drug-likeness (QED) is 0.124. The highest BCUT2D eigenvalue weighted by Gasteiger charge is 2.24. The van der Waals surface area contributed by atoms with Crippen LogP contribution in [-0.4, -0.2) is 4.57 Å². The summed E-state index contributed by atoms with van der Waals surface area (Å²) >= 11 is 0. The second-order valence-corrected chi connectivity index (χ2v) is 17.1. The highest BCUT2D eigenvalue weighted by molar-refractivity contribution is 6.39. The van der Waals surface area contributed by atoms with Crippen molar-refractivity contribution in [3.05, 3.63) is 224 Å². The van der Waals surface area contributed by atoms with Crippen LogP contribution < -0.4 is 0 Å². The Balaban J connectivity index is 1.09. The fourth-order valence-corrected chi connectivity index (χ4v) is 11.2. The van der Waals surface area contributed by atoms with Crippen LogP contribution in [-0.2, 0) is 0 Å². The van der Waals surface area contributed by atoms with Gasteiger partial charge in [-0.1, -0.05) is 188 Å². The van der Waals surface area contributed by atoms with Crippen molar-refractivity contribution in [2.75, 3.05) is 0 Å². The summed E-state index contributed by atoms with van der Waals surface area (Å²) in [6.07, 6.45) is 0. The van der Waals surface area contributed by atoms with Gasteiger partial charge in [0.05, 0.1) is 11.0 Å². The molecule has 0 spiro atoms. The standard InChI is InChI=1S/C62H37N/c1-2-19-46(20-3-1)63-56-37-45(58-49-23-10-8-21-47(49)57(48-22-9-11-24-50(48)58)44-31-29-39-15-5-7-17-41(39)35-44)32-33-52(56)61-53-26-12-18-43-36-55(42-30-28-38-14-4-6-16-40(38)34-42)51-25-13-27-54(62(61)63)60(51)59(43)53/h1-37H. The Hall–Kier alpha value is -8.26. The molecule has 0 fully saturated rings. The molecular formula is C62H37N. The van der Waals surface area contributed by atoms with Gasteiger partial charge in [0.2, 0.25) is 0 Å². The summed E-state index contributed by atoms with van der Waals surface area (Å²) in [5, 5.41) is 20.4. The zero-order valence-corrected chi connectivity index (χ0v) is 34.3. The zero-order valence-electron chi connectivity index (χ0n) is 34.3. The molecule has 0 aliphatic carbocycles. The molecule has 14 rings (SSSR count). The maximum atomic E-state index is 2.54. The van der Waals surface area contributed by atoms with Crippen molar-refractivity contribution >= 4 is 97.2 Å². The van der Waals surface area contributed by atoms with Crippen molar-refractivity contribution in [3.63, 3.8) is 0 Å². The summed E-state index contributed by atoms with van der Waals surface area (Å²) in [7, 11) is 0. The second kappa shape index (κ2) is 13.1. The highest BCUT2D eigenvalue weighted by Crippen LogP contribution is 2.50. The van der Waals surface area contributed by atoms with Crippen LogP contribution in [0.5, 0.6) is 0 Å². The summed E-state index contributed by atoms with van der Waals surface area (Å²) in [5.74, 6) is 0. The lowest BCUT2D eigenvalue weighted by atomic mass is 9.85. The number of benzene rings is 13. The molecule has 1 heterocycles. The van der Waals surface area contributed by atoms with E-state index in [-0.39, 0.29) is 0 Å². The first-order valence-electron chi connectivity index (χ1n) is 21.9. The van der Waals surface area contributed by atoms with Crippen LogP contribution in [0.1, 0.15) is 0 Å². The van der Waals surface area contributed by atoms with E-state index in [1.165, 1.54) is 131 Å². The Kier molecular flexibility index (Phi) is 7.17. The van der Waals surface area contributed by atoms with Gasteiger partial charge in [0.15, 0.2) is 0 Å². The zero-order chi connectivity index (χ0) is 41.2. The molecule has 13 aromatic carbocycles. The molecule has 0 radical (unpaired) electrons. The number of fused-ring (bicyclic) bond motifs is 9. The largest absolute Gasteiger partial charge is 0.309 e. The molecular weight excluding hydrogens is 759 g/mol. The van der Waals surface area contributed by atoms with E-state index in [1.807, 2.05) is 0 Å². The Morgan fingerprint density at radius 3 is 1.43 bits per heavy atom. The van der Waals surface area contributed by atoms with Crippen molar-refractivity contribution in [2.45, 2.75) is 0 Å². The number of hydrogen-bond donors (Lipinski definition) is 0. The average Bonchev–Trinajstić information content (AvgIpc) is 3.70. The number of rotatable bonds is 4. The van der Waals surface area contributed by atoms with Gasteiger partial charge in [-0.2, -0.15) is 0 Å². The summed E-state index contributed by atoms with van der Waals surface area (Å²) < 4.78 is 2.54. The minimum absolute atomic E-state index is 1.15. The predicted molar refractivity (Wildman–Crippen MR) is 271 cm³/mol. The van der Waals surface area contributed by atoms with E-state index in [2.05, 4.69) is 229 Å². The lowest BCUT2D eigenvalue weighted by Gasteiger charge is -2.18. The molecule has 0 unspecified atom stereocenters. The Bertz CT molecular complexity index is 4130. The third kappa shape index (κ3) is 4.93. The third-order valence-corrected chi connectivity index (χ3v) is 13.8. The van der Waals surface area contributed by atoms with Crippen LogP contribution in [0.3, 0.4) is 0 Å². The first-order chi connectivity index (χ1) is 31.3. The van der Waals surface area contributed by atoms with Crippen molar-refractivity contribution in [1.29, 1.82) is 0 Å². The van der Waals surface area contributed by atoms with Crippen molar-refractivity contribution in [1.82, 2.24) is 4.57 Å². The molecule has 0 aliphatic rings. The van der Waals surface area contributed by atoms with Gasteiger partial charge in [0.1, 0.15) is 0 Å². The fraction of sp³-hybridized carbons (Fsp3) is 0. The van der Waals surface area contributed by atoms with Gasteiger partial charge in [0, 0.05) is 27.2 Å². The number of para-hydroxylation sites is 1. The molecule has 0 saturated carbocycles. The van der Waals surface area contributed by atoms with Crippen molar-refractivity contribution in [2.24, 2.45) is 0 Å². The van der Waals surface area contributed by atoms with Crippen LogP contribution in [0.15, 0.2) is 224 Å². The maximum absolute atomic E-state index is 2.54. The normalized spacial score (nSPS) is 12.1. The van der Waals surface area contributed by atoms with Gasteiger partial charge in [-0.3, -0.25) is 0 Å². The van der Waals surface area contributed by atoms with Crippen LogP contribution in [0, 0.1) is 0 Å². The Morgan fingerprint density at radius 1 is 0.254 bits per heavy atom. The summed E-state index contributed by atoms with van der Waals surface area (Å²) in [5.41, 5.74) is 11.1. The average molecular weight is 796 g/mol. The smallest absolute Gasteiger partial charge is 0.0626 e. The number of nitrogens with zero attached hydrogens (tertiary/aromatic N) is 1. The molecule has 0 atom stereocenters. The van der Waals surface area contributed by atoms with E-state index < -0.39 is 0 Å². The molecule has 0 N–H and O–H groups in total. The van der Waals surface area contributed by atoms with Crippen molar-refractivity contribution in [3.8, 4) is 39.1 Å². The molecule has 0 aliphatic heterocycles. The molecule has 290 valence electrons. The Morgan fingerprint density at radius 2 is 0.746 bits per heavy atom. The van der Waals surface area contributed by atoms with Gasteiger partial charge in [-0.25, -0.2) is 0 Å². The van der Waals surface area contributed by atoms with E-state index in [0.717, 1.165) is 5.69 Å². The van der Waals surface area contributed by atoms with E-state index in [1.54, 1.807) is 0 Å². The van der Waals surface area contributed by atoms with E-state index >= 15 is 0 Å². The minimum Gasteiger partial charge on any atom is -0.309 e. The van der Waals surface area contributed by atoms with E-state index in [9.17, 15) is 0 Å². The molecule has 1 heteroatoms. The van der Waals surface area contributed by atoms with Gasteiger partial charge < -0.3 is 4.57 Å². The Labute approximate surface area is 363 Å². The number of aromatic nitrogens is 1. The molecule has 63 heavy (non-hydrogen) atoms. The SMILES string of the molecule is c1ccc(-n2c3cc(-c4c5ccccc5c(-c5ccc6ccccc6c5)c5ccccc45)ccc3c3c4cccc5cc(-c6ccc7ccccc7c6)c6cccc(c6c54)c32)cc1. The summed E-state index contributed by atoms with van der Waals surface area (Å²) in [6, 6.07) is 83.7. The summed E-state index contributed by atoms with van der Waals surface area (Å²) in [4.78, 5) is 0. The van der Waals surface area contributed by atoms with Crippen LogP contribution in [0.2, 0.25) is 0 Å². The van der Waals surface area contributed by atoms with Gasteiger partial charge in [-0.15, -0.1) is 0 Å². The van der Waals surface area contributed by atoms with Gasteiger partial charge in [-0.05, 0) is 134 Å². The van der Waals surface area contributed by atoms with E-state index in [4.69, 9.17) is 0 Å². The maximum Gasteiger partial charge on any atom is 0.0626 e. The van der Waals surface area contributed by atoms with Crippen molar-refractivity contribution < 1.29 is 0 Å². The topological polar surface area (TPSA) is 4.93 Å². The number of hydrogen-bond acceptors (Lipinski definition) is 0. The second-order valence-electron chi connectivity index (χ2n) is 17.1. The van der Waals surface area contributed by atoms with Gasteiger partial charge in [0.25, 0.3) is 0 Å². The summed E-state index contributed by atoms with van der Waals surface area (Å²) in [6.45, 7) is 0. The van der Waals surface area contributed by atoms with Crippen LogP contribution in [0.4, 0.5) is 0 Å². The van der Waals surface area contributed by atoms with E-state index in [0.29, 0.717) is 0 Å². The lowest BCUT2D eigenvalue weighted by molar-refractivity contribution is 1.19. The highest BCUT2D eigenvalue weighted by atomic mass is 15.0. The molecule has 1 aromatic heterocycles. The first-order valence-corrected chi connectivity index (χ1v) is 21.9. The molecule has 0 amide bonds. The molecule has 0 bridgehead atoms.